The molecule has 0 heterocycles. The zero-order chi connectivity index (χ0) is 31.1. The van der Waals surface area contributed by atoms with Gasteiger partial charge in [0.1, 0.15) is 28.6 Å². The molecule has 2 aromatic rings. The van der Waals surface area contributed by atoms with E-state index in [1.54, 1.807) is 14.0 Å². The Kier molecular flexibility index (Phi) is 11.5. The molecule has 0 bridgehead atoms. The van der Waals surface area contributed by atoms with Crippen molar-refractivity contribution in [2.24, 2.45) is 11.3 Å². The molecular weight excluding hydrogens is 528 g/mol. The van der Waals surface area contributed by atoms with Crippen LogP contribution in [0, 0.1) is 11.3 Å². The Morgan fingerprint density at radius 2 is 1.55 bits per heavy atom. The van der Waals surface area contributed by atoms with Crippen molar-refractivity contribution in [2.75, 3.05) is 20.3 Å². The molecule has 0 N–H and O–H groups in total. The minimum Gasteiger partial charge on any atom is -0.493 e. The fourth-order valence-electron chi connectivity index (χ4n) is 6.48. The number of carbonyl (C=O) groups is 3. The molecule has 1 fully saturated rings. The van der Waals surface area contributed by atoms with Gasteiger partial charge in [0.15, 0.2) is 5.78 Å². The third kappa shape index (κ3) is 7.69. The number of rotatable bonds is 17. The molecule has 1 unspecified atom stereocenters. The van der Waals surface area contributed by atoms with E-state index in [0.717, 1.165) is 18.4 Å². The SMILES string of the molecule is CCOc1cc([C@@H](C)C(CCCC(C)(C)c2ccccc2)C(=O)CC2(C(C)=O)CC(OC)C2)cc(OCC)c1C(C)=O. The quantitative estimate of drug-likeness (QED) is 0.178. The molecule has 0 aliphatic heterocycles. The molecule has 6 nitrogen and oxygen atoms in total. The third-order valence-electron chi connectivity index (χ3n) is 9.28. The smallest absolute Gasteiger partial charge is 0.167 e. The van der Waals surface area contributed by atoms with Gasteiger partial charge in [-0.05, 0) is 88.0 Å². The maximum Gasteiger partial charge on any atom is 0.167 e. The van der Waals surface area contributed by atoms with Crippen LogP contribution in [0.3, 0.4) is 0 Å². The van der Waals surface area contributed by atoms with Crippen molar-refractivity contribution in [3.05, 3.63) is 59.2 Å². The molecule has 0 aromatic heterocycles. The predicted molar refractivity (Wildman–Crippen MR) is 167 cm³/mol. The van der Waals surface area contributed by atoms with Crippen LogP contribution in [-0.2, 0) is 19.7 Å². The largest absolute Gasteiger partial charge is 0.493 e. The average molecular weight is 579 g/mol. The Hall–Kier alpha value is -2.99. The second-order valence-electron chi connectivity index (χ2n) is 12.6. The molecule has 42 heavy (non-hydrogen) atoms. The van der Waals surface area contributed by atoms with Crippen LogP contribution in [0.5, 0.6) is 11.5 Å². The van der Waals surface area contributed by atoms with Crippen LogP contribution < -0.4 is 9.47 Å². The van der Waals surface area contributed by atoms with Gasteiger partial charge in [-0.1, -0.05) is 57.5 Å². The van der Waals surface area contributed by atoms with Gasteiger partial charge in [0.2, 0.25) is 0 Å². The minimum absolute atomic E-state index is 0.0193. The highest BCUT2D eigenvalue weighted by atomic mass is 16.5. The molecule has 1 aliphatic carbocycles. The van der Waals surface area contributed by atoms with Crippen molar-refractivity contribution in [3.63, 3.8) is 0 Å². The lowest BCUT2D eigenvalue weighted by Gasteiger charge is -2.45. The van der Waals surface area contributed by atoms with Crippen LogP contribution >= 0.6 is 0 Å². The Morgan fingerprint density at radius 1 is 0.976 bits per heavy atom. The fourth-order valence-corrected chi connectivity index (χ4v) is 6.48. The van der Waals surface area contributed by atoms with Crippen molar-refractivity contribution in [2.45, 2.75) is 104 Å². The molecule has 2 aromatic carbocycles. The summed E-state index contributed by atoms with van der Waals surface area (Å²) in [7, 11) is 1.66. The lowest BCUT2D eigenvalue weighted by molar-refractivity contribution is -0.149. The molecule has 0 saturated heterocycles. The van der Waals surface area contributed by atoms with E-state index in [1.165, 1.54) is 12.5 Å². The standard InChI is InChI=1S/C36H50O6/c1-9-41-32-19-27(20-33(42-10-2)34(32)25(4)37)24(3)30(17-14-18-35(6,7)28-15-12-11-13-16-28)31(39)23-36(26(5)38)21-29(22-36)40-8/h11-13,15-16,19-20,24,29-30H,9-10,14,17-18,21-23H2,1-8H3/t24-,29?,30?,36?/m1/s1. The van der Waals surface area contributed by atoms with Crippen LogP contribution in [0.1, 0.15) is 114 Å². The van der Waals surface area contributed by atoms with Crippen molar-refractivity contribution in [1.29, 1.82) is 0 Å². The van der Waals surface area contributed by atoms with Crippen molar-refractivity contribution >= 4 is 17.3 Å². The zero-order valence-corrected chi connectivity index (χ0v) is 26.9. The summed E-state index contributed by atoms with van der Waals surface area (Å²) >= 11 is 0. The number of benzene rings is 2. The van der Waals surface area contributed by atoms with Gasteiger partial charge in [0, 0.05) is 24.9 Å². The maximum absolute atomic E-state index is 14.2. The van der Waals surface area contributed by atoms with E-state index >= 15 is 0 Å². The fraction of sp³-hybridized carbons (Fsp3) is 0.583. The van der Waals surface area contributed by atoms with E-state index in [0.29, 0.717) is 49.5 Å². The summed E-state index contributed by atoms with van der Waals surface area (Å²) in [5.74, 6) is 0.534. The minimum atomic E-state index is -0.648. The number of ketones is 3. The van der Waals surface area contributed by atoms with Gasteiger partial charge in [-0.25, -0.2) is 0 Å². The van der Waals surface area contributed by atoms with Gasteiger partial charge in [-0.3, -0.25) is 14.4 Å². The number of methoxy groups -OCH3 is 1. The predicted octanol–water partition coefficient (Wildman–Crippen LogP) is 7.90. The summed E-state index contributed by atoms with van der Waals surface area (Å²) in [5.41, 5.74) is 1.92. The normalized spacial score (nSPS) is 19.9. The lowest BCUT2D eigenvalue weighted by atomic mass is 9.60. The highest BCUT2D eigenvalue weighted by Gasteiger charge is 2.50. The monoisotopic (exact) mass is 578 g/mol. The van der Waals surface area contributed by atoms with Gasteiger partial charge < -0.3 is 14.2 Å². The zero-order valence-electron chi connectivity index (χ0n) is 26.9. The van der Waals surface area contributed by atoms with Crippen LogP contribution in [0.25, 0.3) is 0 Å². The Bertz CT molecular complexity index is 1200. The molecule has 0 radical (unpaired) electrons. The summed E-state index contributed by atoms with van der Waals surface area (Å²) in [6.45, 7) is 14.2. The molecule has 3 rings (SSSR count). The first-order valence-electron chi connectivity index (χ1n) is 15.5. The first kappa shape index (κ1) is 33.5. The van der Waals surface area contributed by atoms with Gasteiger partial charge in [-0.2, -0.15) is 0 Å². The molecule has 2 atom stereocenters. The van der Waals surface area contributed by atoms with Gasteiger partial charge >= 0.3 is 0 Å². The summed E-state index contributed by atoms with van der Waals surface area (Å²) in [6, 6.07) is 14.3. The summed E-state index contributed by atoms with van der Waals surface area (Å²) in [4.78, 5) is 39.5. The number of Topliss-reactive ketones (excluding diaryl/α,β-unsaturated/α-hetero) is 3. The van der Waals surface area contributed by atoms with Crippen molar-refractivity contribution < 1.29 is 28.6 Å². The molecule has 1 saturated carbocycles. The van der Waals surface area contributed by atoms with E-state index in [-0.39, 0.29) is 47.1 Å². The molecule has 0 amide bonds. The van der Waals surface area contributed by atoms with Crippen LogP contribution in [0.2, 0.25) is 0 Å². The first-order chi connectivity index (χ1) is 19.9. The van der Waals surface area contributed by atoms with Crippen molar-refractivity contribution in [1.82, 2.24) is 0 Å². The summed E-state index contributed by atoms with van der Waals surface area (Å²) in [6.07, 6.45) is 3.90. The average Bonchev–Trinajstić information content (AvgIpc) is 2.92. The lowest BCUT2D eigenvalue weighted by Crippen LogP contribution is -2.48. The number of ether oxygens (including phenoxy) is 3. The van der Waals surface area contributed by atoms with Crippen LogP contribution in [0.4, 0.5) is 0 Å². The van der Waals surface area contributed by atoms with Crippen molar-refractivity contribution in [3.8, 4) is 11.5 Å². The third-order valence-corrected chi connectivity index (χ3v) is 9.28. The number of carbonyl (C=O) groups excluding carboxylic acids is 3. The molecule has 0 spiro atoms. The van der Waals surface area contributed by atoms with Gasteiger partial charge in [0.25, 0.3) is 0 Å². The number of hydrogen-bond donors (Lipinski definition) is 0. The van der Waals surface area contributed by atoms with E-state index in [2.05, 4.69) is 45.0 Å². The highest BCUT2D eigenvalue weighted by Crippen LogP contribution is 2.48. The van der Waals surface area contributed by atoms with E-state index in [9.17, 15) is 14.4 Å². The Balaban J connectivity index is 1.95. The van der Waals surface area contributed by atoms with Gasteiger partial charge in [0.05, 0.1) is 19.3 Å². The number of hydrogen-bond acceptors (Lipinski definition) is 6. The summed E-state index contributed by atoms with van der Waals surface area (Å²) < 4.78 is 17.3. The molecule has 230 valence electrons. The molecular formula is C36H50O6. The first-order valence-corrected chi connectivity index (χ1v) is 15.5. The van der Waals surface area contributed by atoms with Gasteiger partial charge in [-0.15, -0.1) is 0 Å². The topological polar surface area (TPSA) is 78.9 Å². The van der Waals surface area contributed by atoms with E-state index in [1.807, 2.05) is 32.0 Å². The van der Waals surface area contributed by atoms with E-state index < -0.39 is 5.41 Å². The Labute approximate surface area is 252 Å². The second kappa shape index (κ2) is 14.5. The summed E-state index contributed by atoms with van der Waals surface area (Å²) in [5, 5.41) is 0. The van der Waals surface area contributed by atoms with Crippen LogP contribution in [0.15, 0.2) is 42.5 Å². The highest BCUT2D eigenvalue weighted by molar-refractivity contribution is 6.00. The Morgan fingerprint density at radius 3 is 2.02 bits per heavy atom. The maximum atomic E-state index is 14.2. The molecule has 1 aliphatic rings. The van der Waals surface area contributed by atoms with Crippen LogP contribution in [-0.4, -0.2) is 43.8 Å². The van der Waals surface area contributed by atoms with E-state index in [4.69, 9.17) is 14.2 Å². The second-order valence-corrected chi connectivity index (χ2v) is 12.6. The molecule has 6 heteroatoms.